The van der Waals surface area contributed by atoms with Crippen LogP contribution in [0.1, 0.15) is 68.9 Å². The van der Waals surface area contributed by atoms with Crippen molar-refractivity contribution in [2.75, 3.05) is 19.7 Å². The van der Waals surface area contributed by atoms with Crippen molar-refractivity contribution in [3.63, 3.8) is 0 Å². The Morgan fingerprint density at radius 3 is 2.57 bits per heavy atom. The molecule has 2 aromatic rings. The van der Waals surface area contributed by atoms with Gasteiger partial charge in [0.25, 0.3) is 5.56 Å². The van der Waals surface area contributed by atoms with Gasteiger partial charge in [-0.3, -0.25) is 9.69 Å². The average molecular weight is 409 g/mol. The molecule has 1 aliphatic heterocycles. The zero-order chi connectivity index (χ0) is 20.8. The van der Waals surface area contributed by atoms with E-state index in [2.05, 4.69) is 41.1 Å². The Morgan fingerprint density at radius 1 is 1.03 bits per heavy atom. The number of nitrogens with zero attached hydrogens (tertiary/aromatic N) is 1. The molecule has 1 saturated heterocycles. The van der Waals surface area contributed by atoms with E-state index in [4.69, 9.17) is 4.74 Å². The fourth-order valence-corrected chi connectivity index (χ4v) is 5.22. The SMILES string of the molecule is CC(c1ccccc1OCC1CCN(Cc2ccc[nH]c2=O)CC1)C1CCCCC1. The van der Waals surface area contributed by atoms with Crippen LogP contribution in [-0.2, 0) is 6.54 Å². The van der Waals surface area contributed by atoms with Crippen LogP contribution in [0, 0.1) is 11.8 Å². The Balaban J connectivity index is 1.29. The summed E-state index contributed by atoms with van der Waals surface area (Å²) in [6, 6.07) is 12.5. The molecule has 0 amide bonds. The second-order valence-electron chi connectivity index (χ2n) is 9.28. The van der Waals surface area contributed by atoms with Crippen molar-refractivity contribution in [1.82, 2.24) is 9.88 Å². The predicted octanol–water partition coefficient (Wildman–Crippen LogP) is 5.35. The fraction of sp³-hybridized carbons (Fsp3) is 0.577. The lowest BCUT2D eigenvalue weighted by Crippen LogP contribution is -2.36. The molecule has 0 spiro atoms. The first-order chi connectivity index (χ1) is 14.7. The van der Waals surface area contributed by atoms with Crippen LogP contribution in [0.2, 0.25) is 0 Å². The highest BCUT2D eigenvalue weighted by atomic mass is 16.5. The maximum atomic E-state index is 11.9. The minimum atomic E-state index is 0.0339. The molecule has 2 heterocycles. The summed E-state index contributed by atoms with van der Waals surface area (Å²) in [6.45, 7) is 5.99. The van der Waals surface area contributed by atoms with Gasteiger partial charge in [0.15, 0.2) is 0 Å². The monoisotopic (exact) mass is 408 g/mol. The van der Waals surface area contributed by atoms with E-state index in [1.807, 2.05) is 12.1 Å². The van der Waals surface area contributed by atoms with Crippen LogP contribution in [0.25, 0.3) is 0 Å². The number of nitrogens with one attached hydrogen (secondary N) is 1. The highest BCUT2D eigenvalue weighted by Crippen LogP contribution is 2.39. The first-order valence-corrected chi connectivity index (χ1v) is 11.8. The number of piperidine rings is 1. The van der Waals surface area contributed by atoms with E-state index in [0.717, 1.165) is 56.3 Å². The molecule has 1 aromatic heterocycles. The predicted molar refractivity (Wildman–Crippen MR) is 122 cm³/mol. The van der Waals surface area contributed by atoms with Crippen molar-refractivity contribution in [1.29, 1.82) is 0 Å². The number of ether oxygens (including phenoxy) is 1. The normalized spacial score (nSPS) is 20.2. The van der Waals surface area contributed by atoms with Gasteiger partial charge in [0, 0.05) is 18.3 Å². The number of likely N-dealkylation sites (tertiary alicyclic amines) is 1. The van der Waals surface area contributed by atoms with Crippen LogP contribution in [0.5, 0.6) is 5.75 Å². The number of benzene rings is 1. The van der Waals surface area contributed by atoms with Gasteiger partial charge < -0.3 is 9.72 Å². The Bertz CT molecular complexity index is 848. The molecule has 162 valence electrons. The summed E-state index contributed by atoms with van der Waals surface area (Å²) in [5.74, 6) is 3.06. The zero-order valence-electron chi connectivity index (χ0n) is 18.3. The summed E-state index contributed by atoms with van der Waals surface area (Å²) in [4.78, 5) is 17.1. The zero-order valence-corrected chi connectivity index (χ0v) is 18.3. The molecule has 2 aliphatic rings. The fourth-order valence-electron chi connectivity index (χ4n) is 5.22. The van der Waals surface area contributed by atoms with E-state index < -0.39 is 0 Å². The lowest BCUT2D eigenvalue weighted by molar-refractivity contribution is 0.135. The third kappa shape index (κ3) is 5.34. The number of hydrogen-bond acceptors (Lipinski definition) is 3. The molecular weight excluding hydrogens is 372 g/mol. The third-order valence-corrected chi connectivity index (χ3v) is 7.24. The van der Waals surface area contributed by atoms with Gasteiger partial charge in [-0.15, -0.1) is 0 Å². The van der Waals surface area contributed by atoms with E-state index in [9.17, 15) is 4.79 Å². The van der Waals surface area contributed by atoms with Crippen molar-refractivity contribution in [2.45, 2.75) is 64.3 Å². The summed E-state index contributed by atoms with van der Waals surface area (Å²) in [5, 5.41) is 0. The maximum absolute atomic E-state index is 11.9. The molecule has 4 rings (SSSR count). The second kappa shape index (κ2) is 10.3. The highest BCUT2D eigenvalue weighted by molar-refractivity contribution is 5.36. The van der Waals surface area contributed by atoms with Crippen molar-refractivity contribution >= 4 is 0 Å². The second-order valence-corrected chi connectivity index (χ2v) is 9.28. The van der Waals surface area contributed by atoms with Gasteiger partial charge in [-0.05, 0) is 74.2 Å². The average Bonchev–Trinajstić information content (AvgIpc) is 2.80. The molecule has 0 radical (unpaired) electrons. The van der Waals surface area contributed by atoms with Crippen LogP contribution < -0.4 is 10.3 Å². The van der Waals surface area contributed by atoms with Gasteiger partial charge in [-0.25, -0.2) is 0 Å². The molecule has 1 N–H and O–H groups in total. The number of H-pyrrole nitrogens is 1. The Labute approximate surface area is 180 Å². The molecule has 4 heteroatoms. The summed E-state index contributed by atoms with van der Waals surface area (Å²) in [7, 11) is 0. The van der Waals surface area contributed by atoms with E-state index in [0.29, 0.717) is 11.8 Å². The van der Waals surface area contributed by atoms with Gasteiger partial charge in [0.05, 0.1) is 6.61 Å². The highest BCUT2D eigenvalue weighted by Gasteiger charge is 2.25. The van der Waals surface area contributed by atoms with Gasteiger partial charge in [-0.2, -0.15) is 0 Å². The molecule has 4 nitrogen and oxygen atoms in total. The summed E-state index contributed by atoms with van der Waals surface area (Å²) < 4.78 is 6.39. The number of aromatic amines is 1. The van der Waals surface area contributed by atoms with Crippen molar-refractivity contribution in [2.24, 2.45) is 11.8 Å². The van der Waals surface area contributed by atoms with Gasteiger partial charge >= 0.3 is 0 Å². The van der Waals surface area contributed by atoms with Gasteiger partial charge in [-0.1, -0.05) is 50.5 Å². The van der Waals surface area contributed by atoms with Crippen LogP contribution in [0.15, 0.2) is 47.4 Å². The smallest absolute Gasteiger partial charge is 0.252 e. The van der Waals surface area contributed by atoms with E-state index in [1.54, 1.807) is 6.20 Å². The molecule has 2 fully saturated rings. The van der Waals surface area contributed by atoms with Gasteiger partial charge in [0.1, 0.15) is 5.75 Å². The summed E-state index contributed by atoms with van der Waals surface area (Å²) in [6.07, 6.45) is 10.8. The maximum Gasteiger partial charge on any atom is 0.252 e. The first kappa shape index (κ1) is 21.2. The van der Waals surface area contributed by atoms with Crippen LogP contribution in [0.3, 0.4) is 0 Å². The van der Waals surface area contributed by atoms with E-state index in [-0.39, 0.29) is 5.56 Å². The molecule has 1 aromatic carbocycles. The minimum absolute atomic E-state index is 0.0339. The molecular formula is C26H36N2O2. The van der Waals surface area contributed by atoms with E-state index in [1.165, 1.54) is 37.7 Å². The number of para-hydroxylation sites is 1. The molecule has 1 aliphatic carbocycles. The third-order valence-electron chi connectivity index (χ3n) is 7.24. The van der Waals surface area contributed by atoms with Crippen LogP contribution in [0.4, 0.5) is 0 Å². The lowest BCUT2D eigenvalue weighted by atomic mass is 9.77. The van der Waals surface area contributed by atoms with E-state index >= 15 is 0 Å². The Hall–Kier alpha value is -2.07. The minimum Gasteiger partial charge on any atom is -0.493 e. The quantitative estimate of drug-likeness (QED) is 0.672. The summed E-state index contributed by atoms with van der Waals surface area (Å²) >= 11 is 0. The number of hydrogen-bond donors (Lipinski definition) is 1. The Morgan fingerprint density at radius 2 is 1.80 bits per heavy atom. The number of pyridine rings is 1. The first-order valence-electron chi connectivity index (χ1n) is 11.8. The topological polar surface area (TPSA) is 45.3 Å². The van der Waals surface area contributed by atoms with Crippen LogP contribution in [-0.4, -0.2) is 29.6 Å². The molecule has 1 atom stereocenters. The standard InChI is InChI=1S/C26H36N2O2/c1-20(22-8-3-2-4-9-22)24-11-5-6-12-25(24)30-19-21-13-16-28(17-14-21)18-23-10-7-15-27-26(23)29/h5-7,10-12,15,20-22H,2-4,8-9,13-14,16-19H2,1H3,(H,27,29). The molecule has 0 bridgehead atoms. The Kier molecular flexibility index (Phi) is 7.27. The van der Waals surface area contributed by atoms with Crippen molar-refractivity contribution in [3.05, 3.63) is 64.1 Å². The van der Waals surface area contributed by atoms with Crippen molar-refractivity contribution < 1.29 is 4.74 Å². The largest absolute Gasteiger partial charge is 0.493 e. The molecule has 1 saturated carbocycles. The molecule has 30 heavy (non-hydrogen) atoms. The van der Waals surface area contributed by atoms with Crippen molar-refractivity contribution in [3.8, 4) is 5.75 Å². The summed E-state index contributed by atoms with van der Waals surface area (Å²) in [5.41, 5.74) is 2.29. The van der Waals surface area contributed by atoms with Crippen LogP contribution >= 0.6 is 0 Å². The molecule has 1 unspecified atom stereocenters. The lowest BCUT2D eigenvalue weighted by Gasteiger charge is -2.32. The number of aromatic nitrogens is 1. The number of rotatable bonds is 7. The van der Waals surface area contributed by atoms with Gasteiger partial charge in [0.2, 0.25) is 0 Å².